The van der Waals surface area contributed by atoms with E-state index in [0.29, 0.717) is 11.4 Å². The fourth-order valence-corrected chi connectivity index (χ4v) is 3.07. The summed E-state index contributed by atoms with van der Waals surface area (Å²) in [7, 11) is 1.62. The van der Waals surface area contributed by atoms with Crippen LogP contribution in [-0.4, -0.2) is 45.3 Å². The molecule has 2 aromatic heterocycles. The van der Waals surface area contributed by atoms with Gasteiger partial charge in [0.05, 0.1) is 29.7 Å². The number of amides is 2. The van der Waals surface area contributed by atoms with Crippen molar-refractivity contribution in [2.75, 3.05) is 13.6 Å². The van der Waals surface area contributed by atoms with Gasteiger partial charge in [0.25, 0.3) is 5.91 Å². The molecule has 0 saturated heterocycles. The third kappa shape index (κ3) is 3.39. The molecular weight excluding hydrogens is 342 g/mol. The van der Waals surface area contributed by atoms with Crippen molar-refractivity contribution in [3.05, 3.63) is 66.1 Å². The van der Waals surface area contributed by atoms with Crippen molar-refractivity contribution in [1.82, 2.24) is 25.2 Å². The van der Waals surface area contributed by atoms with Crippen molar-refractivity contribution in [3.63, 3.8) is 0 Å². The van der Waals surface area contributed by atoms with Gasteiger partial charge in [-0.2, -0.15) is 0 Å². The zero-order valence-corrected chi connectivity index (χ0v) is 14.8. The molecule has 0 unspecified atom stereocenters. The molecular formula is C20H19N5O2. The van der Waals surface area contributed by atoms with Gasteiger partial charge in [-0.25, -0.2) is 4.98 Å². The Morgan fingerprint density at radius 2 is 1.81 bits per heavy atom. The molecule has 2 aromatic carbocycles. The number of para-hydroxylation sites is 3. The second kappa shape index (κ2) is 6.95. The first-order chi connectivity index (χ1) is 13.1. The fraction of sp³-hybridized carbons (Fsp3) is 0.150. The van der Waals surface area contributed by atoms with Gasteiger partial charge in [0.2, 0.25) is 5.91 Å². The highest BCUT2D eigenvalue weighted by molar-refractivity contribution is 6.07. The monoisotopic (exact) mass is 361 g/mol. The van der Waals surface area contributed by atoms with Gasteiger partial charge in [0, 0.05) is 24.1 Å². The van der Waals surface area contributed by atoms with E-state index in [1.807, 2.05) is 48.5 Å². The van der Waals surface area contributed by atoms with Crippen LogP contribution >= 0.6 is 0 Å². The third-order valence-electron chi connectivity index (χ3n) is 4.44. The largest absolute Gasteiger partial charge is 0.360 e. The lowest BCUT2D eigenvalue weighted by Gasteiger charge is -2.16. The average Bonchev–Trinajstić information content (AvgIpc) is 3.29. The molecule has 0 fully saturated rings. The first-order valence-electron chi connectivity index (χ1n) is 8.64. The molecule has 0 aliphatic heterocycles. The van der Waals surface area contributed by atoms with Crippen LogP contribution in [0.2, 0.25) is 0 Å². The van der Waals surface area contributed by atoms with Crippen LogP contribution in [-0.2, 0) is 11.3 Å². The summed E-state index contributed by atoms with van der Waals surface area (Å²) in [5.74, 6) is 0.229. The molecule has 0 bridgehead atoms. The SMILES string of the molecule is CN(CC(=O)NCc1nc2ccccc2[nH]1)C(=O)c1c[nH]c2ccccc12. The molecule has 7 nitrogen and oxygen atoms in total. The number of nitrogens with one attached hydrogen (secondary N) is 3. The van der Waals surface area contributed by atoms with Gasteiger partial charge >= 0.3 is 0 Å². The first kappa shape index (κ1) is 16.8. The minimum Gasteiger partial charge on any atom is -0.360 e. The van der Waals surface area contributed by atoms with Gasteiger partial charge < -0.3 is 20.2 Å². The van der Waals surface area contributed by atoms with E-state index in [4.69, 9.17) is 0 Å². The predicted octanol–water partition coefficient (Wildman–Crippen LogP) is 2.43. The van der Waals surface area contributed by atoms with E-state index in [9.17, 15) is 9.59 Å². The van der Waals surface area contributed by atoms with Gasteiger partial charge in [0.1, 0.15) is 5.82 Å². The fourth-order valence-electron chi connectivity index (χ4n) is 3.07. The number of carbonyl (C=O) groups is 2. The molecule has 4 aromatic rings. The highest BCUT2D eigenvalue weighted by atomic mass is 16.2. The normalized spacial score (nSPS) is 11.0. The number of likely N-dealkylation sites (N-methyl/N-ethyl adjacent to an activating group) is 1. The lowest BCUT2D eigenvalue weighted by Crippen LogP contribution is -2.38. The average molecular weight is 361 g/mol. The summed E-state index contributed by atoms with van der Waals surface area (Å²) in [5.41, 5.74) is 3.23. The molecule has 4 rings (SSSR count). The molecule has 0 aliphatic carbocycles. The minimum atomic E-state index is -0.244. The number of imidazole rings is 1. The number of rotatable bonds is 5. The highest BCUT2D eigenvalue weighted by Gasteiger charge is 2.18. The van der Waals surface area contributed by atoms with Crippen molar-refractivity contribution < 1.29 is 9.59 Å². The molecule has 3 N–H and O–H groups in total. The van der Waals surface area contributed by atoms with E-state index >= 15 is 0 Å². The summed E-state index contributed by atoms with van der Waals surface area (Å²) in [6, 6.07) is 15.3. The lowest BCUT2D eigenvalue weighted by molar-refractivity contribution is -0.121. The number of benzene rings is 2. The van der Waals surface area contributed by atoms with Gasteiger partial charge in [-0.1, -0.05) is 30.3 Å². The zero-order chi connectivity index (χ0) is 18.8. The quantitative estimate of drug-likeness (QED) is 0.510. The van der Waals surface area contributed by atoms with Crippen LogP contribution in [0.4, 0.5) is 0 Å². The molecule has 136 valence electrons. The number of hydrogen-bond donors (Lipinski definition) is 3. The number of carbonyl (C=O) groups excluding carboxylic acids is 2. The molecule has 0 spiro atoms. The van der Waals surface area contributed by atoms with Gasteiger partial charge in [-0.15, -0.1) is 0 Å². The van der Waals surface area contributed by atoms with E-state index < -0.39 is 0 Å². The van der Waals surface area contributed by atoms with Crippen LogP contribution in [0.15, 0.2) is 54.7 Å². The van der Waals surface area contributed by atoms with Crippen molar-refractivity contribution >= 4 is 33.8 Å². The second-order valence-electron chi connectivity index (χ2n) is 6.39. The predicted molar refractivity (Wildman–Crippen MR) is 103 cm³/mol. The summed E-state index contributed by atoms with van der Waals surface area (Å²) >= 11 is 0. The van der Waals surface area contributed by atoms with Crippen molar-refractivity contribution in [2.45, 2.75) is 6.54 Å². The molecule has 2 heterocycles. The summed E-state index contributed by atoms with van der Waals surface area (Å²) in [6.07, 6.45) is 1.68. The van der Waals surface area contributed by atoms with E-state index in [0.717, 1.165) is 21.9 Å². The Labute approximate surface area is 155 Å². The Kier molecular flexibility index (Phi) is 4.33. The van der Waals surface area contributed by atoms with Crippen molar-refractivity contribution in [3.8, 4) is 0 Å². The maximum atomic E-state index is 12.7. The molecule has 0 atom stereocenters. The highest BCUT2D eigenvalue weighted by Crippen LogP contribution is 2.18. The topological polar surface area (TPSA) is 93.9 Å². The van der Waals surface area contributed by atoms with E-state index in [2.05, 4.69) is 20.3 Å². The number of H-pyrrole nitrogens is 2. The lowest BCUT2D eigenvalue weighted by atomic mass is 10.1. The van der Waals surface area contributed by atoms with Crippen LogP contribution in [0.25, 0.3) is 21.9 Å². The van der Waals surface area contributed by atoms with Crippen LogP contribution in [0, 0.1) is 0 Å². The molecule has 0 saturated carbocycles. The van der Waals surface area contributed by atoms with Crippen LogP contribution < -0.4 is 5.32 Å². The zero-order valence-electron chi connectivity index (χ0n) is 14.8. The second-order valence-corrected chi connectivity index (χ2v) is 6.39. The molecule has 0 aliphatic rings. The van der Waals surface area contributed by atoms with E-state index in [1.54, 1.807) is 13.2 Å². The maximum absolute atomic E-state index is 12.7. The Morgan fingerprint density at radius 3 is 2.63 bits per heavy atom. The van der Waals surface area contributed by atoms with Gasteiger partial charge in [-0.05, 0) is 18.2 Å². The number of aromatic amines is 2. The summed E-state index contributed by atoms with van der Waals surface area (Å²) in [6.45, 7) is 0.251. The smallest absolute Gasteiger partial charge is 0.256 e. The van der Waals surface area contributed by atoms with Crippen molar-refractivity contribution in [2.24, 2.45) is 0 Å². The van der Waals surface area contributed by atoms with E-state index in [-0.39, 0.29) is 24.9 Å². The third-order valence-corrected chi connectivity index (χ3v) is 4.44. The standard InChI is InChI=1S/C20H19N5O2/c1-25(20(27)14-10-21-15-7-3-2-6-13(14)15)12-19(26)22-11-18-23-16-8-4-5-9-17(16)24-18/h2-10,21H,11-12H2,1H3,(H,22,26)(H,23,24). The summed E-state index contributed by atoms with van der Waals surface area (Å²) < 4.78 is 0. The Balaban J connectivity index is 1.37. The Bertz CT molecular complexity index is 1090. The minimum absolute atomic E-state index is 0.0292. The summed E-state index contributed by atoms with van der Waals surface area (Å²) in [4.78, 5) is 36.9. The Morgan fingerprint density at radius 1 is 1.07 bits per heavy atom. The molecule has 2 amide bonds. The Hall–Kier alpha value is -3.61. The van der Waals surface area contributed by atoms with Crippen LogP contribution in [0.5, 0.6) is 0 Å². The number of aromatic nitrogens is 3. The van der Waals surface area contributed by atoms with Crippen molar-refractivity contribution in [1.29, 1.82) is 0 Å². The molecule has 7 heteroatoms. The summed E-state index contributed by atoms with van der Waals surface area (Å²) in [5, 5.41) is 3.64. The molecule has 27 heavy (non-hydrogen) atoms. The van der Waals surface area contributed by atoms with Crippen LogP contribution in [0.3, 0.4) is 0 Å². The van der Waals surface area contributed by atoms with E-state index in [1.165, 1.54) is 4.90 Å². The number of fused-ring (bicyclic) bond motifs is 2. The van der Waals surface area contributed by atoms with Crippen LogP contribution in [0.1, 0.15) is 16.2 Å². The van der Waals surface area contributed by atoms with Gasteiger partial charge in [0.15, 0.2) is 0 Å². The van der Waals surface area contributed by atoms with Gasteiger partial charge in [-0.3, -0.25) is 9.59 Å². The number of hydrogen-bond acceptors (Lipinski definition) is 3. The number of nitrogens with zero attached hydrogens (tertiary/aromatic N) is 2. The molecule has 0 radical (unpaired) electrons. The first-order valence-corrected chi connectivity index (χ1v) is 8.64. The maximum Gasteiger partial charge on any atom is 0.256 e.